The molecule has 4 rings (SSSR count). The highest BCUT2D eigenvalue weighted by Gasteiger charge is 2.16. The third-order valence-corrected chi connectivity index (χ3v) is 5.21. The van der Waals surface area contributed by atoms with Gasteiger partial charge in [0.1, 0.15) is 5.82 Å². The van der Waals surface area contributed by atoms with Crippen molar-refractivity contribution in [2.45, 2.75) is 19.9 Å². The molecule has 0 radical (unpaired) electrons. The van der Waals surface area contributed by atoms with Crippen molar-refractivity contribution in [3.63, 3.8) is 0 Å². The summed E-state index contributed by atoms with van der Waals surface area (Å²) < 4.78 is 14.9. The molecule has 7 heteroatoms. The highest BCUT2D eigenvalue weighted by Crippen LogP contribution is 2.39. The van der Waals surface area contributed by atoms with Crippen LogP contribution in [0.1, 0.15) is 18.1 Å². The molecule has 0 spiro atoms. The molecule has 0 bridgehead atoms. The third-order valence-electron chi connectivity index (χ3n) is 5.03. The Balaban J connectivity index is 1.60. The molecule has 0 aliphatic heterocycles. The Kier molecular flexibility index (Phi) is 6.04. The summed E-state index contributed by atoms with van der Waals surface area (Å²) in [5, 5.41) is 23.2. The van der Waals surface area contributed by atoms with Gasteiger partial charge in [-0.25, -0.2) is 4.39 Å². The normalized spacial score (nSPS) is 11.3. The molecule has 0 atom stereocenters. The number of fused-ring (bicyclic) bond motifs is 1. The van der Waals surface area contributed by atoms with Crippen LogP contribution in [-0.2, 0) is 13.0 Å². The topological polar surface area (TPSA) is 61.9 Å². The van der Waals surface area contributed by atoms with E-state index in [0.29, 0.717) is 12.2 Å². The molecule has 0 fully saturated rings. The number of para-hydroxylation sites is 1. The first-order valence-electron chi connectivity index (χ1n) is 9.91. The molecular formula is C24H21FN4OS. The SMILES string of the molecule is CCc1ccc(NC(=S)N=Nc2c(O)n(Cc3ccc(F)cc3)c3ccccc23)cc1. The Bertz CT molecular complexity index is 1250. The van der Waals surface area contributed by atoms with E-state index in [1.165, 1.54) is 17.7 Å². The molecule has 0 saturated heterocycles. The van der Waals surface area contributed by atoms with Crippen LogP contribution >= 0.6 is 12.2 Å². The average molecular weight is 433 g/mol. The number of hydrogen-bond acceptors (Lipinski definition) is 3. The maximum absolute atomic E-state index is 13.2. The largest absolute Gasteiger partial charge is 0.493 e. The lowest BCUT2D eigenvalue weighted by molar-refractivity contribution is 0.429. The molecule has 1 aromatic heterocycles. The van der Waals surface area contributed by atoms with E-state index in [9.17, 15) is 9.50 Å². The van der Waals surface area contributed by atoms with Gasteiger partial charge in [-0.05, 0) is 60.1 Å². The van der Waals surface area contributed by atoms with Gasteiger partial charge in [0.2, 0.25) is 11.0 Å². The van der Waals surface area contributed by atoms with Gasteiger partial charge < -0.3 is 15.0 Å². The Morgan fingerprint density at radius 3 is 2.39 bits per heavy atom. The second-order valence-electron chi connectivity index (χ2n) is 7.08. The van der Waals surface area contributed by atoms with Crippen LogP contribution in [0.15, 0.2) is 83.0 Å². The van der Waals surface area contributed by atoms with Crippen LogP contribution in [0.4, 0.5) is 15.8 Å². The summed E-state index contributed by atoms with van der Waals surface area (Å²) in [6.07, 6.45) is 0.964. The van der Waals surface area contributed by atoms with E-state index in [4.69, 9.17) is 12.2 Å². The van der Waals surface area contributed by atoms with Crippen molar-refractivity contribution in [2.24, 2.45) is 10.2 Å². The van der Waals surface area contributed by atoms with Crippen molar-refractivity contribution in [3.8, 4) is 5.88 Å². The van der Waals surface area contributed by atoms with Gasteiger partial charge in [0.05, 0.1) is 12.1 Å². The second kappa shape index (κ2) is 9.06. The number of aromatic nitrogens is 1. The zero-order chi connectivity index (χ0) is 21.8. The van der Waals surface area contributed by atoms with Crippen molar-refractivity contribution in [1.29, 1.82) is 0 Å². The lowest BCUT2D eigenvalue weighted by Gasteiger charge is -2.07. The summed E-state index contributed by atoms with van der Waals surface area (Å²) in [6.45, 7) is 2.47. The Morgan fingerprint density at radius 2 is 1.68 bits per heavy atom. The molecule has 31 heavy (non-hydrogen) atoms. The van der Waals surface area contributed by atoms with Crippen LogP contribution in [0.5, 0.6) is 5.88 Å². The zero-order valence-corrected chi connectivity index (χ0v) is 17.7. The van der Waals surface area contributed by atoms with Gasteiger partial charge in [0.25, 0.3) is 0 Å². The van der Waals surface area contributed by atoms with Crippen molar-refractivity contribution in [3.05, 3.63) is 89.7 Å². The van der Waals surface area contributed by atoms with Crippen LogP contribution < -0.4 is 5.32 Å². The monoisotopic (exact) mass is 432 g/mol. The van der Waals surface area contributed by atoms with E-state index in [1.54, 1.807) is 16.7 Å². The van der Waals surface area contributed by atoms with Gasteiger partial charge in [0, 0.05) is 11.1 Å². The minimum absolute atomic E-state index is 0.0237. The zero-order valence-electron chi connectivity index (χ0n) is 16.9. The van der Waals surface area contributed by atoms with Gasteiger partial charge in [-0.15, -0.1) is 10.2 Å². The molecular weight excluding hydrogens is 411 g/mol. The molecule has 2 N–H and O–H groups in total. The first-order chi connectivity index (χ1) is 15.0. The fourth-order valence-electron chi connectivity index (χ4n) is 3.37. The van der Waals surface area contributed by atoms with E-state index in [1.807, 2.05) is 48.5 Å². The number of anilines is 1. The molecule has 5 nitrogen and oxygen atoms in total. The van der Waals surface area contributed by atoms with Gasteiger partial charge >= 0.3 is 0 Å². The molecule has 0 amide bonds. The minimum atomic E-state index is -0.301. The first kappa shape index (κ1) is 20.7. The number of nitrogens with one attached hydrogen (secondary N) is 1. The standard InChI is InChI=1S/C24H21FN4OS/c1-2-16-9-13-19(14-10-16)26-24(31)28-27-22-20-5-3-4-6-21(20)29(23(22)30)15-17-7-11-18(25)12-8-17/h3-14,30H,2,15H2,1H3,(H,26,31). The lowest BCUT2D eigenvalue weighted by atomic mass is 10.1. The summed E-state index contributed by atoms with van der Waals surface area (Å²) in [7, 11) is 0. The van der Waals surface area contributed by atoms with E-state index < -0.39 is 0 Å². The number of thiocarbonyl (C=S) groups is 1. The van der Waals surface area contributed by atoms with Crippen molar-refractivity contribution >= 4 is 39.6 Å². The number of halogens is 1. The lowest BCUT2D eigenvalue weighted by Crippen LogP contribution is -2.04. The van der Waals surface area contributed by atoms with E-state index in [-0.39, 0.29) is 16.8 Å². The van der Waals surface area contributed by atoms with Crippen LogP contribution in [0, 0.1) is 5.82 Å². The Labute approximate surface area is 184 Å². The van der Waals surface area contributed by atoms with Crippen molar-refractivity contribution < 1.29 is 9.50 Å². The quantitative estimate of drug-likeness (QED) is 0.277. The molecule has 156 valence electrons. The summed E-state index contributed by atoms with van der Waals surface area (Å²) in [6, 6.07) is 21.6. The minimum Gasteiger partial charge on any atom is -0.493 e. The molecule has 0 saturated carbocycles. The fourth-order valence-corrected chi connectivity index (χ4v) is 3.53. The predicted octanol–water partition coefficient (Wildman–Crippen LogP) is 6.58. The van der Waals surface area contributed by atoms with Gasteiger partial charge in [-0.2, -0.15) is 0 Å². The second-order valence-corrected chi connectivity index (χ2v) is 7.47. The van der Waals surface area contributed by atoms with Crippen molar-refractivity contribution in [1.82, 2.24) is 4.57 Å². The number of azo groups is 1. The number of aromatic hydroxyl groups is 1. The Morgan fingerprint density at radius 1 is 1.00 bits per heavy atom. The average Bonchev–Trinajstić information content (AvgIpc) is 3.05. The van der Waals surface area contributed by atoms with E-state index in [2.05, 4.69) is 22.5 Å². The highest BCUT2D eigenvalue weighted by atomic mass is 32.1. The van der Waals surface area contributed by atoms with Crippen LogP contribution in [-0.4, -0.2) is 14.8 Å². The number of nitrogens with zero attached hydrogens (tertiary/aromatic N) is 3. The summed E-state index contributed by atoms with van der Waals surface area (Å²) in [4.78, 5) is 0. The summed E-state index contributed by atoms with van der Waals surface area (Å²) >= 11 is 5.29. The van der Waals surface area contributed by atoms with Crippen LogP contribution in [0.3, 0.4) is 0 Å². The number of hydrogen-bond donors (Lipinski definition) is 2. The molecule has 0 aliphatic rings. The van der Waals surface area contributed by atoms with Crippen molar-refractivity contribution in [2.75, 3.05) is 5.32 Å². The van der Waals surface area contributed by atoms with Crippen LogP contribution in [0.2, 0.25) is 0 Å². The Hall–Kier alpha value is -3.58. The number of aryl methyl sites for hydroxylation is 1. The number of benzene rings is 3. The maximum atomic E-state index is 13.2. The van der Waals surface area contributed by atoms with E-state index >= 15 is 0 Å². The van der Waals surface area contributed by atoms with Gasteiger partial charge in [0.15, 0.2) is 5.69 Å². The highest BCUT2D eigenvalue weighted by molar-refractivity contribution is 7.80. The molecule has 0 unspecified atom stereocenters. The van der Waals surface area contributed by atoms with Crippen LogP contribution in [0.25, 0.3) is 10.9 Å². The number of rotatable bonds is 5. The first-order valence-corrected chi connectivity index (χ1v) is 10.3. The third kappa shape index (κ3) is 4.62. The molecule has 0 aliphatic carbocycles. The summed E-state index contributed by atoms with van der Waals surface area (Å²) in [5.41, 5.74) is 4.05. The summed E-state index contributed by atoms with van der Waals surface area (Å²) in [5.74, 6) is -0.324. The predicted molar refractivity (Wildman–Crippen MR) is 126 cm³/mol. The molecule has 4 aromatic rings. The van der Waals surface area contributed by atoms with Gasteiger partial charge in [-0.3, -0.25) is 0 Å². The molecule has 3 aromatic carbocycles. The smallest absolute Gasteiger partial charge is 0.221 e. The van der Waals surface area contributed by atoms with E-state index in [0.717, 1.165) is 28.6 Å². The fraction of sp³-hybridized carbons (Fsp3) is 0.125. The molecule has 1 heterocycles. The van der Waals surface area contributed by atoms with Gasteiger partial charge in [-0.1, -0.05) is 49.4 Å². The maximum Gasteiger partial charge on any atom is 0.221 e.